The van der Waals surface area contributed by atoms with Crippen molar-refractivity contribution in [3.05, 3.63) is 24.3 Å². The van der Waals surface area contributed by atoms with Gasteiger partial charge in [-0.15, -0.1) is 5.92 Å². The highest BCUT2D eigenvalue weighted by Gasteiger charge is 2.29. The maximum Gasteiger partial charge on any atom is 0.410 e. The zero-order valence-electron chi connectivity index (χ0n) is 18.3. The van der Waals surface area contributed by atoms with Gasteiger partial charge < -0.3 is 19.1 Å². The van der Waals surface area contributed by atoms with E-state index in [9.17, 15) is 18.0 Å². The van der Waals surface area contributed by atoms with Crippen LogP contribution in [0.2, 0.25) is 0 Å². The van der Waals surface area contributed by atoms with Crippen molar-refractivity contribution in [2.75, 3.05) is 25.4 Å². The van der Waals surface area contributed by atoms with Crippen molar-refractivity contribution in [2.45, 2.75) is 57.1 Å². The first-order valence-electron chi connectivity index (χ1n) is 10.0. The Morgan fingerprint density at radius 3 is 2.29 bits per heavy atom. The lowest BCUT2D eigenvalue weighted by Crippen LogP contribution is -2.44. The molecule has 1 aromatic rings. The SMILES string of the molecule is CC#CCOc1ccc(S(=O)(=O)CC(=O)OC2CCN(C(=O)OC(C)(C)C)CC2)cc1. The fraction of sp³-hybridized carbons (Fsp3) is 0.545. The van der Waals surface area contributed by atoms with Gasteiger partial charge in [-0.1, -0.05) is 5.92 Å². The largest absolute Gasteiger partial charge is 0.481 e. The number of amides is 1. The van der Waals surface area contributed by atoms with Crippen molar-refractivity contribution in [2.24, 2.45) is 0 Å². The van der Waals surface area contributed by atoms with E-state index in [1.165, 1.54) is 24.3 Å². The summed E-state index contributed by atoms with van der Waals surface area (Å²) in [6, 6.07) is 5.80. The van der Waals surface area contributed by atoms with Gasteiger partial charge >= 0.3 is 12.1 Å². The lowest BCUT2D eigenvalue weighted by Gasteiger charge is -2.33. The third kappa shape index (κ3) is 8.13. The number of sulfone groups is 1. The van der Waals surface area contributed by atoms with E-state index in [4.69, 9.17) is 14.2 Å². The van der Waals surface area contributed by atoms with Gasteiger partial charge in [0, 0.05) is 25.9 Å². The van der Waals surface area contributed by atoms with E-state index >= 15 is 0 Å². The molecule has 1 heterocycles. The fourth-order valence-corrected chi connectivity index (χ4v) is 3.97. The van der Waals surface area contributed by atoms with Gasteiger partial charge in [0.1, 0.15) is 24.1 Å². The molecule has 170 valence electrons. The average Bonchev–Trinajstić information content (AvgIpc) is 2.67. The summed E-state index contributed by atoms with van der Waals surface area (Å²) in [7, 11) is -3.84. The zero-order chi connectivity index (χ0) is 23.1. The predicted octanol–water partition coefficient (Wildman–Crippen LogP) is 2.81. The van der Waals surface area contributed by atoms with Crippen LogP contribution in [0.4, 0.5) is 4.79 Å². The molecule has 0 aliphatic carbocycles. The van der Waals surface area contributed by atoms with E-state index < -0.39 is 39.4 Å². The minimum Gasteiger partial charge on any atom is -0.481 e. The van der Waals surface area contributed by atoms with Crippen LogP contribution in [0, 0.1) is 11.8 Å². The maximum absolute atomic E-state index is 12.5. The molecule has 2 rings (SSSR count). The Morgan fingerprint density at radius 1 is 1.13 bits per heavy atom. The maximum atomic E-state index is 12.5. The number of esters is 1. The van der Waals surface area contributed by atoms with Gasteiger partial charge in [-0.3, -0.25) is 4.79 Å². The van der Waals surface area contributed by atoms with Crippen LogP contribution >= 0.6 is 0 Å². The standard InChI is InChI=1S/C22H29NO7S/c1-5-6-15-28-17-7-9-19(10-8-17)31(26,27)16-20(24)29-18-11-13-23(14-12-18)21(25)30-22(2,3)4/h7-10,18H,11-16H2,1-4H3. The number of benzene rings is 1. The van der Waals surface area contributed by atoms with Gasteiger partial charge in [0.15, 0.2) is 15.6 Å². The number of rotatable bonds is 6. The Labute approximate surface area is 183 Å². The minimum atomic E-state index is -3.84. The topological polar surface area (TPSA) is 99.2 Å². The monoisotopic (exact) mass is 451 g/mol. The molecule has 0 atom stereocenters. The first-order valence-corrected chi connectivity index (χ1v) is 11.7. The summed E-state index contributed by atoms with van der Waals surface area (Å²) in [6.07, 6.45) is 0.0148. The van der Waals surface area contributed by atoms with Gasteiger partial charge in [-0.25, -0.2) is 13.2 Å². The highest BCUT2D eigenvalue weighted by molar-refractivity contribution is 7.92. The summed E-state index contributed by atoms with van der Waals surface area (Å²) in [5, 5.41) is 0. The van der Waals surface area contributed by atoms with E-state index in [0.717, 1.165) is 0 Å². The van der Waals surface area contributed by atoms with Crippen molar-refractivity contribution < 1.29 is 32.2 Å². The van der Waals surface area contributed by atoms with E-state index in [2.05, 4.69) is 11.8 Å². The first-order chi connectivity index (χ1) is 14.5. The van der Waals surface area contributed by atoms with Gasteiger partial charge in [-0.2, -0.15) is 0 Å². The second-order valence-corrected chi connectivity index (χ2v) is 10.1. The highest BCUT2D eigenvalue weighted by atomic mass is 32.2. The number of ether oxygens (including phenoxy) is 3. The molecule has 1 saturated heterocycles. The van der Waals surface area contributed by atoms with E-state index in [0.29, 0.717) is 31.7 Å². The number of carbonyl (C=O) groups is 2. The molecule has 9 heteroatoms. The van der Waals surface area contributed by atoms with Gasteiger partial charge in [0.05, 0.1) is 4.90 Å². The van der Waals surface area contributed by atoms with Crippen molar-refractivity contribution in [3.8, 4) is 17.6 Å². The average molecular weight is 452 g/mol. The molecule has 1 aromatic carbocycles. The van der Waals surface area contributed by atoms with Crippen LogP contribution < -0.4 is 4.74 Å². The van der Waals surface area contributed by atoms with Crippen molar-refractivity contribution in [1.29, 1.82) is 0 Å². The Balaban J connectivity index is 1.84. The molecule has 1 fully saturated rings. The lowest BCUT2D eigenvalue weighted by atomic mass is 10.1. The molecule has 0 aromatic heterocycles. The molecule has 1 aliphatic rings. The fourth-order valence-electron chi connectivity index (χ4n) is 2.88. The van der Waals surface area contributed by atoms with Crippen LogP contribution in [0.3, 0.4) is 0 Å². The summed E-state index contributed by atoms with van der Waals surface area (Å²) in [6.45, 7) is 8.04. The Morgan fingerprint density at radius 2 is 1.74 bits per heavy atom. The van der Waals surface area contributed by atoms with Crippen molar-refractivity contribution in [3.63, 3.8) is 0 Å². The summed E-state index contributed by atoms with van der Waals surface area (Å²) in [4.78, 5) is 25.9. The summed E-state index contributed by atoms with van der Waals surface area (Å²) in [5.41, 5.74) is -0.581. The van der Waals surface area contributed by atoms with Gasteiger partial charge in [0.25, 0.3) is 0 Å². The molecule has 1 aliphatic heterocycles. The molecule has 1 amide bonds. The zero-order valence-corrected chi connectivity index (χ0v) is 19.2. The number of hydrogen-bond acceptors (Lipinski definition) is 7. The molecule has 0 saturated carbocycles. The molecule has 0 radical (unpaired) electrons. The molecule has 8 nitrogen and oxygen atoms in total. The Kier molecular flexibility index (Phi) is 8.34. The summed E-state index contributed by atoms with van der Waals surface area (Å²) in [5.74, 6) is 4.37. The third-order valence-corrected chi connectivity index (χ3v) is 5.98. The number of nitrogens with zero attached hydrogens (tertiary/aromatic N) is 1. The van der Waals surface area contributed by atoms with Gasteiger partial charge in [0.2, 0.25) is 0 Å². The molecule has 0 N–H and O–H groups in total. The second-order valence-electron chi connectivity index (χ2n) is 8.10. The van der Waals surface area contributed by atoms with E-state index in [-0.39, 0.29) is 11.5 Å². The van der Waals surface area contributed by atoms with E-state index in [1.54, 1.807) is 32.6 Å². The number of hydrogen-bond donors (Lipinski definition) is 0. The molecular formula is C22H29NO7S. The van der Waals surface area contributed by atoms with Crippen LogP contribution in [0.25, 0.3) is 0 Å². The Bertz CT molecular complexity index is 929. The van der Waals surface area contributed by atoms with Crippen LogP contribution in [0.15, 0.2) is 29.2 Å². The van der Waals surface area contributed by atoms with Crippen molar-refractivity contribution >= 4 is 21.9 Å². The Hall–Kier alpha value is -2.73. The highest BCUT2D eigenvalue weighted by Crippen LogP contribution is 2.20. The molecule has 0 bridgehead atoms. The number of piperidine rings is 1. The number of likely N-dealkylation sites (tertiary alicyclic amines) is 1. The third-order valence-electron chi connectivity index (χ3n) is 4.37. The molecular weight excluding hydrogens is 422 g/mol. The van der Waals surface area contributed by atoms with Crippen LogP contribution in [-0.2, 0) is 24.1 Å². The van der Waals surface area contributed by atoms with Crippen LogP contribution in [0.1, 0.15) is 40.5 Å². The lowest BCUT2D eigenvalue weighted by molar-refractivity contribution is -0.147. The van der Waals surface area contributed by atoms with Crippen molar-refractivity contribution in [1.82, 2.24) is 4.90 Å². The van der Waals surface area contributed by atoms with Crippen LogP contribution in [0.5, 0.6) is 5.75 Å². The number of carbonyl (C=O) groups excluding carboxylic acids is 2. The smallest absolute Gasteiger partial charge is 0.410 e. The second kappa shape index (κ2) is 10.5. The molecule has 0 spiro atoms. The molecule has 0 unspecified atom stereocenters. The van der Waals surface area contributed by atoms with Crippen LogP contribution in [-0.4, -0.2) is 62.5 Å². The minimum absolute atomic E-state index is 0.0121. The summed E-state index contributed by atoms with van der Waals surface area (Å²) >= 11 is 0. The normalized spacial score (nSPS) is 14.9. The van der Waals surface area contributed by atoms with E-state index in [1.807, 2.05) is 0 Å². The molecule has 31 heavy (non-hydrogen) atoms. The summed E-state index contributed by atoms with van der Waals surface area (Å²) < 4.78 is 41.0. The quantitative estimate of drug-likeness (QED) is 0.484. The predicted molar refractivity (Wildman–Crippen MR) is 114 cm³/mol. The van der Waals surface area contributed by atoms with Gasteiger partial charge in [-0.05, 0) is 52.0 Å². The first kappa shape index (κ1) is 24.5.